The number of hydrogen-bond donors (Lipinski definition) is 0. The zero-order chi connectivity index (χ0) is 25.9. The lowest BCUT2D eigenvalue weighted by atomic mass is 10.0. The third-order valence-electron chi connectivity index (χ3n) is 6.93. The van der Waals surface area contributed by atoms with Crippen LogP contribution in [0.5, 0.6) is 0 Å². The van der Waals surface area contributed by atoms with Gasteiger partial charge in [-0.25, -0.2) is 0 Å². The molecule has 0 rings (SSSR count). The first-order valence-corrected chi connectivity index (χ1v) is 16.9. The SMILES string of the molecule is CCCCCCCCCCCCCCCCC(=O)OC[C@@H](CO[Si](C)(C)C(C)(C)C)OC(C)=O. The van der Waals surface area contributed by atoms with Crippen molar-refractivity contribution in [2.45, 2.75) is 155 Å². The van der Waals surface area contributed by atoms with Crippen LogP contribution in [0.25, 0.3) is 0 Å². The maximum absolute atomic E-state index is 12.1. The van der Waals surface area contributed by atoms with Crippen molar-refractivity contribution >= 4 is 20.3 Å². The lowest BCUT2D eigenvalue weighted by Gasteiger charge is -2.37. The molecule has 0 spiro atoms. The van der Waals surface area contributed by atoms with Crippen LogP contribution in [0.3, 0.4) is 0 Å². The van der Waals surface area contributed by atoms with Crippen LogP contribution in [0.1, 0.15) is 131 Å². The quantitative estimate of drug-likeness (QED) is 0.0900. The van der Waals surface area contributed by atoms with Crippen molar-refractivity contribution in [2.24, 2.45) is 0 Å². The minimum atomic E-state index is -1.96. The fourth-order valence-electron chi connectivity index (χ4n) is 3.59. The van der Waals surface area contributed by atoms with Gasteiger partial charge in [-0.15, -0.1) is 0 Å². The summed E-state index contributed by atoms with van der Waals surface area (Å²) < 4.78 is 16.9. The maximum atomic E-state index is 12.1. The van der Waals surface area contributed by atoms with Gasteiger partial charge in [0, 0.05) is 13.3 Å². The van der Waals surface area contributed by atoms with Crippen molar-refractivity contribution in [3.8, 4) is 0 Å². The van der Waals surface area contributed by atoms with Gasteiger partial charge in [0.25, 0.3) is 0 Å². The van der Waals surface area contributed by atoms with Crippen molar-refractivity contribution in [2.75, 3.05) is 13.2 Å². The fourth-order valence-corrected chi connectivity index (χ4v) is 4.63. The van der Waals surface area contributed by atoms with E-state index in [-0.39, 0.29) is 30.2 Å². The normalized spacial score (nSPS) is 13.0. The smallest absolute Gasteiger partial charge is 0.305 e. The number of unbranched alkanes of at least 4 members (excludes halogenated alkanes) is 13. The van der Waals surface area contributed by atoms with Crippen LogP contribution in [-0.4, -0.2) is 39.6 Å². The molecule has 5 nitrogen and oxygen atoms in total. The lowest BCUT2D eigenvalue weighted by molar-refractivity contribution is -0.159. The molecular weight excluding hydrogens is 444 g/mol. The molecule has 0 saturated heterocycles. The monoisotopic (exact) mass is 500 g/mol. The summed E-state index contributed by atoms with van der Waals surface area (Å²) in [5, 5.41) is 0.0678. The number of esters is 2. The largest absolute Gasteiger partial charge is 0.462 e. The molecule has 0 amide bonds. The molecule has 0 bridgehead atoms. The molecule has 0 fully saturated rings. The first-order chi connectivity index (χ1) is 16.0. The lowest BCUT2D eigenvalue weighted by Crippen LogP contribution is -2.44. The van der Waals surface area contributed by atoms with Crippen LogP contribution in [0.2, 0.25) is 18.1 Å². The molecule has 0 aliphatic carbocycles. The Morgan fingerprint density at radius 2 is 1.18 bits per heavy atom. The molecule has 0 heterocycles. The molecule has 1 atom stereocenters. The van der Waals surface area contributed by atoms with Gasteiger partial charge in [0.15, 0.2) is 14.4 Å². The molecule has 0 aromatic carbocycles. The average Bonchev–Trinajstić information content (AvgIpc) is 2.74. The minimum absolute atomic E-state index is 0.0612. The number of rotatable bonds is 21. The van der Waals surface area contributed by atoms with Crippen molar-refractivity contribution in [1.82, 2.24) is 0 Å². The Morgan fingerprint density at radius 3 is 1.59 bits per heavy atom. The standard InChI is InChI=1S/C28H56O5Si/c1-8-9-10-11-12-13-14-15-16-17-18-19-20-21-22-27(30)31-23-26(33-25(2)29)24-32-34(6,7)28(3,4)5/h26H,8-24H2,1-7H3/t26-/m0/s1. The molecule has 0 N–H and O–H groups in total. The maximum Gasteiger partial charge on any atom is 0.305 e. The van der Waals surface area contributed by atoms with Crippen molar-refractivity contribution in [1.29, 1.82) is 0 Å². The van der Waals surface area contributed by atoms with E-state index in [2.05, 4.69) is 40.8 Å². The van der Waals surface area contributed by atoms with Crippen LogP contribution in [0.15, 0.2) is 0 Å². The summed E-state index contributed by atoms with van der Waals surface area (Å²) in [4.78, 5) is 23.5. The molecule has 0 aromatic heterocycles. The zero-order valence-electron chi connectivity index (χ0n) is 23.6. The summed E-state index contributed by atoms with van der Waals surface area (Å²) in [7, 11) is -1.96. The summed E-state index contributed by atoms with van der Waals surface area (Å²) in [6.07, 6.45) is 17.9. The second-order valence-corrected chi connectivity index (χ2v) is 16.1. The Bertz CT molecular complexity index is 527. The highest BCUT2D eigenvalue weighted by Crippen LogP contribution is 2.36. The second-order valence-electron chi connectivity index (χ2n) is 11.3. The molecule has 34 heavy (non-hydrogen) atoms. The third-order valence-corrected chi connectivity index (χ3v) is 11.4. The van der Waals surface area contributed by atoms with E-state index in [0.29, 0.717) is 6.42 Å². The van der Waals surface area contributed by atoms with E-state index in [4.69, 9.17) is 13.9 Å². The molecule has 0 unspecified atom stereocenters. The van der Waals surface area contributed by atoms with Gasteiger partial charge in [0.05, 0.1) is 6.61 Å². The fraction of sp³-hybridized carbons (Fsp3) is 0.929. The van der Waals surface area contributed by atoms with Crippen LogP contribution < -0.4 is 0 Å². The Balaban J connectivity index is 3.83. The molecule has 0 aliphatic rings. The van der Waals surface area contributed by atoms with Gasteiger partial charge >= 0.3 is 11.9 Å². The van der Waals surface area contributed by atoms with Gasteiger partial charge < -0.3 is 13.9 Å². The first kappa shape index (κ1) is 33.1. The molecule has 202 valence electrons. The molecular formula is C28H56O5Si. The summed E-state index contributed by atoms with van der Waals surface area (Å²) >= 11 is 0. The van der Waals surface area contributed by atoms with Crippen molar-refractivity contribution in [3.63, 3.8) is 0 Å². The highest BCUT2D eigenvalue weighted by Gasteiger charge is 2.38. The van der Waals surface area contributed by atoms with Crippen LogP contribution in [-0.2, 0) is 23.5 Å². The van der Waals surface area contributed by atoms with E-state index in [1.807, 2.05) is 0 Å². The van der Waals surface area contributed by atoms with Crippen molar-refractivity contribution in [3.05, 3.63) is 0 Å². The molecule has 0 saturated carbocycles. The van der Waals surface area contributed by atoms with E-state index >= 15 is 0 Å². The van der Waals surface area contributed by atoms with E-state index in [1.54, 1.807) is 0 Å². The second kappa shape index (κ2) is 19.3. The first-order valence-electron chi connectivity index (χ1n) is 14.0. The Kier molecular flexibility index (Phi) is 18.8. The van der Waals surface area contributed by atoms with Gasteiger partial charge in [-0.1, -0.05) is 111 Å². The third kappa shape index (κ3) is 18.4. The van der Waals surface area contributed by atoms with E-state index in [9.17, 15) is 9.59 Å². The summed E-state index contributed by atoms with van der Waals surface area (Å²) in [5.74, 6) is -0.602. The van der Waals surface area contributed by atoms with Gasteiger partial charge in [-0.3, -0.25) is 9.59 Å². The zero-order valence-corrected chi connectivity index (χ0v) is 24.6. The van der Waals surface area contributed by atoms with Gasteiger partial charge in [-0.05, 0) is 24.6 Å². The molecule has 6 heteroatoms. The number of ether oxygens (including phenoxy) is 2. The molecule has 0 radical (unpaired) electrons. The van der Waals surface area contributed by atoms with Crippen molar-refractivity contribution < 1.29 is 23.5 Å². The van der Waals surface area contributed by atoms with E-state index < -0.39 is 14.4 Å². The number of carbonyl (C=O) groups is 2. The van der Waals surface area contributed by atoms with Crippen LogP contribution in [0.4, 0.5) is 0 Å². The highest BCUT2D eigenvalue weighted by atomic mass is 28.4. The molecule has 0 aromatic rings. The number of hydrogen-bond acceptors (Lipinski definition) is 5. The Labute approximate surface area is 212 Å². The summed E-state index contributed by atoms with van der Waals surface area (Å²) in [5.41, 5.74) is 0. The predicted molar refractivity (Wildman–Crippen MR) is 145 cm³/mol. The average molecular weight is 501 g/mol. The topological polar surface area (TPSA) is 61.8 Å². The predicted octanol–water partition coefficient (Wildman–Crippen LogP) is 8.35. The van der Waals surface area contributed by atoms with Crippen LogP contribution >= 0.6 is 0 Å². The number of carbonyl (C=O) groups excluding carboxylic acids is 2. The van der Waals surface area contributed by atoms with E-state index in [0.717, 1.165) is 12.8 Å². The highest BCUT2D eigenvalue weighted by molar-refractivity contribution is 6.74. The van der Waals surface area contributed by atoms with Gasteiger partial charge in [0.2, 0.25) is 0 Å². The summed E-state index contributed by atoms with van der Waals surface area (Å²) in [6.45, 7) is 14.8. The van der Waals surface area contributed by atoms with Gasteiger partial charge in [0.1, 0.15) is 6.61 Å². The summed E-state index contributed by atoms with van der Waals surface area (Å²) in [6, 6.07) is 0. The van der Waals surface area contributed by atoms with Crippen LogP contribution in [0, 0.1) is 0 Å². The minimum Gasteiger partial charge on any atom is -0.462 e. The Hall–Kier alpha value is -0.883. The van der Waals surface area contributed by atoms with Gasteiger partial charge in [-0.2, -0.15) is 0 Å². The Morgan fingerprint density at radius 1 is 0.735 bits per heavy atom. The molecule has 0 aliphatic heterocycles. The van der Waals surface area contributed by atoms with E-state index in [1.165, 1.54) is 84.0 Å².